The van der Waals surface area contributed by atoms with Crippen LogP contribution in [0.15, 0.2) is 91.0 Å². The molecule has 2 heterocycles. The Morgan fingerprint density at radius 2 is 1.05 bits per heavy atom. The van der Waals surface area contributed by atoms with Gasteiger partial charge in [0.25, 0.3) is 11.8 Å². The third-order valence-electron chi connectivity index (χ3n) is 18.7. The van der Waals surface area contributed by atoms with Gasteiger partial charge in [0.2, 0.25) is 35.4 Å². The maximum absolute atomic E-state index is 15.5. The van der Waals surface area contributed by atoms with Crippen LogP contribution in [0.4, 0.5) is 15.3 Å². The number of hydrogen-bond acceptors (Lipinski definition) is 14. The highest BCUT2D eigenvalue weighted by Crippen LogP contribution is 2.37. The Labute approximate surface area is 584 Å². The van der Waals surface area contributed by atoms with Crippen molar-refractivity contribution in [2.45, 2.75) is 218 Å². The summed E-state index contributed by atoms with van der Waals surface area (Å²) in [6, 6.07) is 18.3. The van der Waals surface area contributed by atoms with Crippen LogP contribution in [0.5, 0.6) is 0 Å². The molecule has 24 nitrogen and oxygen atoms in total. The highest BCUT2D eigenvalue weighted by molar-refractivity contribution is 8.01. The first-order valence-electron chi connectivity index (χ1n) is 33.9. The number of carboxylic acids is 1. The number of fused-ring (bicyclic) bond motifs is 3. The standard InChI is InChI=1S/C74H98N10O14S/c1-42(81(14)69(95)97-72(6,7)8)61(87)79-59(71(3,4)5)67(93)84-40-51(38-57(84)66(92)78-55-29-21-25-45-23-17-19-27-53(45)55)76-64(90)47-32-30-46(31-33-47)63(89)75-50-35-34-48-37-56(65(91)77-54-28-20-24-44-22-16-18-26-52(44)54)83(39-49(48)36-50)68(94)60(74(12,13)99-41-58(85)86)80-62(88)43(2)82(15)70(96)98-73(9,10)11/h16-19,22-23,26-27,30-36,42-43,51,54-57,59-60H,20-21,24-25,28-29,37-41H2,1-15H3,(H,75,89)(H,76,90)(H,77,91)(H,78,92)(H,79,87)(H,80,88)(H,85,86). The van der Waals surface area contributed by atoms with Crippen molar-refractivity contribution in [3.8, 4) is 0 Å². The molecule has 25 heteroatoms. The minimum Gasteiger partial charge on any atom is -0.481 e. The highest BCUT2D eigenvalue weighted by Gasteiger charge is 2.49. The van der Waals surface area contributed by atoms with E-state index in [0.717, 1.165) is 69.5 Å². The van der Waals surface area contributed by atoms with Gasteiger partial charge in [-0.15, -0.1) is 11.8 Å². The Morgan fingerprint density at radius 3 is 1.55 bits per heavy atom. The minimum absolute atomic E-state index is 0.0322. The summed E-state index contributed by atoms with van der Waals surface area (Å²) in [6.45, 7) is 21.5. The van der Waals surface area contributed by atoms with Crippen LogP contribution in [0.2, 0.25) is 0 Å². The minimum atomic E-state index is -1.45. The first kappa shape index (κ1) is 75.8. The number of nitrogens with one attached hydrogen (secondary N) is 6. The number of benzene rings is 4. The zero-order valence-electron chi connectivity index (χ0n) is 59.6. The number of aliphatic carboxylic acids is 1. The smallest absolute Gasteiger partial charge is 0.410 e. The second-order valence-corrected chi connectivity index (χ2v) is 31.6. The van der Waals surface area contributed by atoms with Crippen LogP contribution in [0.3, 0.4) is 0 Å². The topological polar surface area (TPSA) is 312 Å². The normalized spacial score (nSPS) is 19.5. The van der Waals surface area contributed by atoms with Crippen molar-refractivity contribution in [3.63, 3.8) is 0 Å². The fourth-order valence-corrected chi connectivity index (χ4v) is 13.7. The summed E-state index contributed by atoms with van der Waals surface area (Å²) in [4.78, 5) is 160. The highest BCUT2D eigenvalue weighted by atomic mass is 32.2. The fourth-order valence-electron chi connectivity index (χ4n) is 12.9. The molecule has 9 unspecified atom stereocenters. The molecule has 1 saturated heterocycles. The number of nitrogens with zero attached hydrogens (tertiary/aromatic N) is 4. The van der Waals surface area contributed by atoms with Gasteiger partial charge in [-0.2, -0.15) is 0 Å². The lowest BCUT2D eigenvalue weighted by Crippen LogP contribution is -2.64. The van der Waals surface area contributed by atoms with E-state index in [2.05, 4.69) is 31.9 Å². The molecule has 0 bridgehead atoms. The van der Waals surface area contributed by atoms with Crippen molar-refractivity contribution in [2.75, 3.05) is 31.7 Å². The zero-order chi connectivity index (χ0) is 72.8. The van der Waals surface area contributed by atoms with Gasteiger partial charge in [0.15, 0.2) is 0 Å². The Kier molecular flexibility index (Phi) is 23.8. The summed E-state index contributed by atoms with van der Waals surface area (Å²) >= 11 is 0.922. The van der Waals surface area contributed by atoms with Crippen LogP contribution in [0.25, 0.3) is 0 Å². The third kappa shape index (κ3) is 19.1. The van der Waals surface area contributed by atoms with Gasteiger partial charge in [0.1, 0.15) is 47.5 Å². The van der Waals surface area contributed by atoms with E-state index in [0.29, 0.717) is 29.7 Å². The summed E-state index contributed by atoms with van der Waals surface area (Å²) in [5, 5.41) is 27.9. The number of carboxylic acid groups (broad SMARTS) is 1. The summed E-state index contributed by atoms with van der Waals surface area (Å²) in [5.74, 6) is -6.16. The first-order valence-corrected chi connectivity index (χ1v) is 34.9. The molecular weight excluding hydrogens is 1280 g/mol. The van der Waals surface area contributed by atoms with E-state index in [-0.39, 0.29) is 49.1 Å². The lowest BCUT2D eigenvalue weighted by molar-refractivity contribution is -0.145. The zero-order valence-corrected chi connectivity index (χ0v) is 60.4. The van der Waals surface area contributed by atoms with E-state index in [1.54, 1.807) is 94.4 Å². The molecule has 8 rings (SSSR count). The maximum atomic E-state index is 15.5. The number of carbonyl (C=O) groups is 11. The molecule has 0 radical (unpaired) electrons. The predicted octanol–water partition coefficient (Wildman–Crippen LogP) is 8.40. The van der Waals surface area contributed by atoms with Gasteiger partial charge < -0.3 is 56.3 Å². The summed E-state index contributed by atoms with van der Waals surface area (Å²) in [5.41, 5.74) is 3.53. The number of likely N-dealkylation sites (tertiary alicyclic amines) is 1. The lowest BCUT2D eigenvalue weighted by Gasteiger charge is -2.42. The molecule has 534 valence electrons. The van der Waals surface area contributed by atoms with Crippen molar-refractivity contribution in [1.82, 2.24) is 46.2 Å². The molecule has 2 aliphatic carbocycles. The largest absolute Gasteiger partial charge is 0.481 e. The van der Waals surface area contributed by atoms with Crippen LogP contribution < -0.4 is 31.9 Å². The van der Waals surface area contributed by atoms with Gasteiger partial charge >= 0.3 is 18.2 Å². The van der Waals surface area contributed by atoms with Crippen molar-refractivity contribution < 1.29 is 67.3 Å². The van der Waals surface area contributed by atoms with Gasteiger partial charge in [-0.25, -0.2) is 9.59 Å². The number of hydrogen-bond donors (Lipinski definition) is 7. The van der Waals surface area contributed by atoms with Crippen molar-refractivity contribution in [1.29, 1.82) is 0 Å². The van der Waals surface area contributed by atoms with E-state index in [1.165, 1.54) is 62.0 Å². The molecule has 10 amide bonds. The van der Waals surface area contributed by atoms with Crippen LogP contribution in [-0.4, -0.2) is 175 Å². The SMILES string of the molecule is CC(C(=O)NC(C(=O)N1CC(NC(=O)c2ccc(C(=O)Nc3ccc4c(c3)CN(C(=O)C(NC(=O)C(C)N(C)C(=O)OC(C)(C)C)C(C)(C)SCC(=O)O)C(C(=O)NC3CCCc5ccccc53)C4)cc2)CC1C(=O)NC1CCCc2ccccc21)C(C)(C)C)N(C)C(=O)OC(C)(C)C. The van der Waals surface area contributed by atoms with Crippen molar-refractivity contribution in [3.05, 3.63) is 136 Å². The van der Waals surface area contributed by atoms with Gasteiger partial charge in [-0.3, -0.25) is 53.0 Å². The predicted molar refractivity (Wildman–Crippen MR) is 375 cm³/mol. The van der Waals surface area contributed by atoms with Crippen LogP contribution >= 0.6 is 11.8 Å². The first-order chi connectivity index (χ1) is 46.3. The molecule has 1 fully saturated rings. The number of amides is 10. The average Bonchev–Trinajstić information content (AvgIpc) is 1.58. The van der Waals surface area contributed by atoms with Gasteiger partial charge in [-0.1, -0.05) is 75.4 Å². The second kappa shape index (κ2) is 31.0. The molecule has 4 aliphatic rings. The van der Waals surface area contributed by atoms with Gasteiger partial charge in [0, 0.05) is 61.2 Å². The maximum Gasteiger partial charge on any atom is 0.410 e. The van der Waals surface area contributed by atoms with Crippen molar-refractivity contribution in [2.24, 2.45) is 5.41 Å². The molecule has 7 N–H and O–H groups in total. The molecule has 2 aliphatic heterocycles. The Balaban J connectivity index is 1.01. The number of carbonyl (C=O) groups excluding carboxylic acids is 10. The quantitative estimate of drug-likeness (QED) is 0.0437. The number of anilines is 1. The molecule has 0 saturated carbocycles. The van der Waals surface area contributed by atoms with Gasteiger partial charge in [-0.05, 0) is 189 Å². The third-order valence-corrected chi connectivity index (χ3v) is 20.0. The number of thioether (sulfide) groups is 1. The second-order valence-electron chi connectivity index (χ2n) is 30.0. The molecule has 0 aromatic heterocycles. The summed E-state index contributed by atoms with van der Waals surface area (Å²) in [7, 11) is 2.82. The number of likely N-dealkylation sites (N-methyl/N-ethyl adjacent to an activating group) is 2. The van der Waals surface area contributed by atoms with E-state index in [4.69, 9.17) is 9.47 Å². The number of rotatable bonds is 20. The monoisotopic (exact) mass is 1380 g/mol. The van der Waals surface area contributed by atoms with E-state index >= 15 is 9.59 Å². The molecule has 99 heavy (non-hydrogen) atoms. The Morgan fingerprint density at radius 1 is 0.576 bits per heavy atom. The Bertz CT molecular complexity index is 3730. The molecule has 4 aromatic carbocycles. The van der Waals surface area contributed by atoms with E-state index in [1.807, 2.05) is 48.5 Å². The molecule has 9 atom stereocenters. The number of aryl methyl sites for hydroxylation is 2. The summed E-state index contributed by atoms with van der Waals surface area (Å²) in [6.07, 6.45) is 3.24. The lowest BCUT2D eigenvalue weighted by atomic mass is 9.85. The van der Waals surface area contributed by atoms with Gasteiger partial charge in [0.05, 0.1) is 17.8 Å². The molecule has 4 aromatic rings. The van der Waals surface area contributed by atoms with E-state index < -0.39 is 135 Å². The fraction of sp³-hybridized carbons (Fsp3) is 0.527. The molecule has 0 spiro atoms. The van der Waals surface area contributed by atoms with Crippen LogP contribution in [0, 0.1) is 5.41 Å². The van der Waals surface area contributed by atoms with E-state index in [9.17, 15) is 48.3 Å². The summed E-state index contributed by atoms with van der Waals surface area (Å²) < 4.78 is 9.71. The number of ether oxygens (including phenoxy) is 2. The van der Waals surface area contributed by atoms with Crippen LogP contribution in [-0.2, 0) is 68.8 Å². The van der Waals surface area contributed by atoms with Crippen LogP contribution in [0.1, 0.15) is 188 Å². The Hall–Kier alpha value is -9.00. The van der Waals surface area contributed by atoms with Crippen molar-refractivity contribution >= 4 is 82.9 Å². The molecular formula is C74H98N10O14S. The average molecular weight is 1380 g/mol.